The van der Waals surface area contributed by atoms with Gasteiger partial charge in [-0.15, -0.1) is 0 Å². The second-order valence-electron chi connectivity index (χ2n) is 5.22. The molecule has 2 rings (SSSR count). The summed E-state index contributed by atoms with van der Waals surface area (Å²) in [5, 5.41) is 3.55. The van der Waals surface area contributed by atoms with Gasteiger partial charge in [-0.3, -0.25) is 9.00 Å². The molecule has 0 unspecified atom stereocenters. The van der Waals surface area contributed by atoms with Gasteiger partial charge in [-0.1, -0.05) is 48.3 Å². The molecule has 0 heterocycles. The van der Waals surface area contributed by atoms with Crippen molar-refractivity contribution in [2.45, 2.75) is 18.4 Å². The molecular weight excluding hydrogens is 397 g/mol. The summed E-state index contributed by atoms with van der Waals surface area (Å²) in [5.74, 6) is -0.785. The number of esters is 1. The zero-order chi connectivity index (χ0) is 19.1. The summed E-state index contributed by atoms with van der Waals surface area (Å²) in [7, 11) is -1.30. The van der Waals surface area contributed by atoms with E-state index in [1.807, 2.05) is 0 Å². The fourth-order valence-corrected chi connectivity index (χ4v) is 3.52. The smallest absolute Gasteiger partial charge is 0.339 e. The maximum atomic E-state index is 12.2. The molecule has 2 aromatic carbocycles. The summed E-state index contributed by atoms with van der Waals surface area (Å²) in [6.45, 7) is 1.49. The third-order valence-corrected chi connectivity index (χ3v) is 5.40. The first-order valence-electron chi connectivity index (χ1n) is 7.77. The first-order chi connectivity index (χ1) is 12.4. The minimum atomic E-state index is -1.30. The van der Waals surface area contributed by atoms with E-state index in [-0.39, 0.29) is 12.1 Å². The molecule has 8 heteroatoms. The van der Waals surface area contributed by atoms with Gasteiger partial charge in [0.05, 0.1) is 21.3 Å². The minimum Gasteiger partial charge on any atom is -0.452 e. The van der Waals surface area contributed by atoms with Crippen LogP contribution in [0.4, 0.5) is 0 Å². The number of carbonyl (C=O) groups is 2. The molecule has 26 heavy (non-hydrogen) atoms. The van der Waals surface area contributed by atoms with Crippen molar-refractivity contribution in [3.63, 3.8) is 0 Å². The van der Waals surface area contributed by atoms with Gasteiger partial charge in [-0.25, -0.2) is 4.79 Å². The number of carbonyl (C=O) groups excluding carboxylic acids is 2. The Morgan fingerprint density at radius 1 is 1.15 bits per heavy atom. The van der Waals surface area contributed by atoms with Crippen LogP contribution in [0.15, 0.2) is 47.4 Å². The molecule has 1 amide bonds. The Bertz CT molecular complexity index is 842. The van der Waals surface area contributed by atoms with E-state index in [1.54, 1.807) is 43.3 Å². The molecule has 0 spiro atoms. The minimum absolute atomic E-state index is 0.183. The van der Waals surface area contributed by atoms with Gasteiger partial charge in [0.1, 0.15) is 0 Å². The topological polar surface area (TPSA) is 72.5 Å². The summed E-state index contributed by atoms with van der Waals surface area (Å²) < 4.78 is 17.0. The van der Waals surface area contributed by atoms with E-state index in [0.29, 0.717) is 26.3 Å². The van der Waals surface area contributed by atoms with E-state index in [4.69, 9.17) is 27.9 Å². The highest BCUT2D eigenvalue weighted by Crippen LogP contribution is 2.20. The third-order valence-electron chi connectivity index (χ3n) is 3.44. The summed E-state index contributed by atoms with van der Waals surface area (Å²) >= 11 is 11.8. The molecule has 0 saturated heterocycles. The fourth-order valence-electron chi connectivity index (χ4n) is 2.11. The van der Waals surface area contributed by atoms with Gasteiger partial charge < -0.3 is 10.1 Å². The molecule has 5 nitrogen and oxygen atoms in total. The van der Waals surface area contributed by atoms with Crippen LogP contribution in [0.5, 0.6) is 0 Å². The average Bonchev–Trinajstić information content (AvgIpc) is 2.64. The Morgan fingerprint density at radius 3 is 2.58 bits per heavy atom. The lowest BCUT2D eigenvalue weighted by Gasteiger charge is -2.10. The molecule has 0 aromatic heterocycles. The Kier molecular flexibility index (Phi) is 7.63. The first kappa shape index (κ1) is 20.4. The SMILES string of the molecule is CC[S@](=O)c1ccccc1C(=O)OCC(=O)NCc1ccc(Cl)cc1Cl. The van der Waals surface area contributed by atoms with Crippen LogP contribution >= 0.6 is 23.2 Å². The number of ether oxygens (including phenoxy) is 1. The van der Waals surface area contributed by atoms with Crippen molar-refractivity contribution in [1.82, 2.24) is 5.32 Å². The monoisotopic (exact) mass is 413 g/mol. The van der Waals surface area contributed by atoms with Gasteiger partial charge in [-0.2, -0.15) is 0 Å². The number of hydrogen-bond donors (Lipinski definition) is 1. The van der Waals surface area contributed by atoms with Crippen molar-refractivity contribution < 1.29 is 18.5 Å². The van der Waals surface area contributed by atoms with Crippen molar-refractivity contribution in [3.05, 3.63) is 63.6 Å². The quantitative estimate of drug-likeness (QED) is 0.703. The van der Waals surface area contributed by atoms with Crippen molar-refractivity contribution in [2.24, 2.45) is 0 Å². The van der Waals surface area contributed by atoms with Gasteiger partial charge in [0.2, 0.25) is 0 Å². The van der Waals surface area contributed by atoms with Crippen LogP contribution in [0.3, 0.4) is 0 Å². The Morgan fingerprint density at radius 2 is 1.88 bits per heavy atom. The fraction of sp³-hybridized carbons (Fsp3) is 0.222. The average molecular weight is 414 g/mol. The number of benzene rings is 2. The van der Waals surface area contributed by atoms with Crippen LogP contribution in [0.1, 0.15) is 22.8 Å². The van der Waals surface area contributed by atoms with Gasteiger partial charge >= 0.3 is 5.97 Å². The lowest BCUT2D eigenvalue weighted by molar-refractivity contribution is -0.124. The molecule has 0 bridgehead atoms. The van der Waals surface area contributed by atoms with Gasteiger partial charge in [-0.05, 0) is 29.8 Å². The van der Waals surface area contributed by atoms with E-state index in [9.17, 15) is 13.8 Å². The first-order valence-corrected chi connectivity index (χ1v) is 9.85. The van der Waals surface area contributed by atoms with Gasteiger partial charge in [0.15, 0.2) is 6.61 Å². The van der Waals surface area contributed by atoms with Crippen LogP contribution in [0.25, 0.3) is 0 Å². The second-order valence-corrected chi connectivity index (χ2v) is 7.77. The van der Waals surface area contributed by atoms with Crippen molar-refractivity contribution >= 4 is 45.9 Å². The Labute approximate surface area is 164 Å². The molecule has 0 aliphatic heterocycles. The molecule has 138 valence electrons. The van der Waals surface area contributed by atoms with E-state index in [2.05, 4.69) is 5.32 Å². The molecule has 0 fully saturated rings. The Balaban J connectivity index is 1.91. The van der Waals surface area contributed by atoms with Crippen molar-refractivity contribution in [1.29, 1.82) is 0 Å². The summed E-state index contributed by atoms with van der Waals surface area (Å²) in [6.07, 6.45) is 0. The van der Waals surface area contributed by atoms with Gasteiger partial charge in [0, 0.05) is 22.3 Å². The third kappa shape index (κ3) is 5.56. The lowest BCUT2D eigenvalue weighted by atomic mass is 10.2. The number of nitrogens with one attached hydrogen (secondary N) is 1. The Hall–Kier alpha value is -1.89. The highest BCUT2D eigenvalue weighted by molar-refractivity contribution is 7.85. The van der Waals surface area contributed by atoms with Crippen LogP contribution in [0.2, 0.25) is 10.0 Å². The summed E-state index contributed by atoms with van der Waals surface area (Å²) in [4.78, 5) is 24.5. The summed E-state index contributed by atoms with van der Waals surface area (Å²) in [5.41, 5.74) is 0.890. The number of amides is 1. The predicted octanol–water partition coefficient (Wildman–Crippen LogP) is 3.59. The zero-order valence-electron chi connectivity index (χ0n) is 14.0. The van der Waals surface area contributed by atoms with E-state index >= 15 is 0 Å². The highest BCUT2D eigenvalue weighted by Gasteiger charge is 2.17. The van der Waals surface area contributed by atoms with Crippen LogP contribution in [-0.4, -0.2) is 28.4 Å². The van der Waals surface area contributed by atoms with Crippen LogP contribution in [-0.2, 0) is 26.9 Å². The molecule has 0 aliphatic rings. The predicted molar refractivity (Wildman–Crippen MR) is 102 cm³/mol. The van der Waals surface area contributed by atoms with Crippen molar-refractivity contribution in [3.8, 4) is 0 Å². The standard InChI is InChI=1S/C18H17Cl2NO4S/c1-2-26(24)16-6-4-3-5-14(16)18(23)25-11-17(22)21-10-12-7-8-13(19)9-15(12)20/h3-9H,2,10-11H2,1H3,(H,21,22)/t26-/m0/s1. The second kappa shape index (κ2) is 9.71. The largest absolute Gasteiger partial charge is 0.452 e. The molecule has 1 atom stereocenters. The van der Waals surface area contributed by atoms with Gasteiger partial charge in [0.25, 0.3) is 5.91 Å². The molecule has 2 aromatic rings. The van der Waals surface area contributed by atoms with Crippen molar-refractivity contribution in [2.75, 3.05) is 12.4 Å². The molecule has 0 radical (unpaired) electrons. The summed E-state index contributed by atoms with van der Waals surface area (Å²) in [6, 6.07) is 11.4. The highest BCUT2D eigenvalue weighted by atomic mass is 35.5. The maximum absolute atomic E-state index is 12.2. The van der Waals surface area contributed by atoms with E-state index < -0.39 is 29.3 Å². The number of halogens is 2. The van der Waals surface area contributed by atoms with Crippen LogP contribution < -0.4 is 5.32 Å². The normalized spacial score (nSPS) is 11.7. The molecule has 0 aliphatic carbocycles. The van der Waals surface area contributed by atoms with E-state index in [0.717, 1.165) is 0 Å². The number of hydrogen-bond acceptors (Lipinski definition) is 4. The maximum Gasteiger partial charge on any atom is 0.339 e. The van der Waals surface area contributed by atoms with Crippen LogP contribution in [0, 0.1) is 0 Å². The van der Waals surface area contributed by atoms with E-state index in [1.165, 1.54) is 6.07 Å². The zero-order valence-corrected chi connectivity index (χ0v) is 16.3. The lowest BCUT2D eigenvalue weighted by Crippen LogP contribution is -2.28. The number of rotatable bonds is 7. The molecule has 0 saturated carbocycles. The molecule has 1 N–H and O–H groups in total. The molecular formula is C18H17Cl2NO4S.